The van der Waals surface area contributed by atoms with Crippen molar-refractivity contribution in [3.05, 3.63) is 29.3 Å². The molecule has 112 valence electrons. The second-order valence-electron chi connectivity index (χ2n) is 4.47. The van der Waals surface area contributed by atoms with Gasteiger partial charge in [0.2, 0.25) is 0 Å². The van der Waals surface area contributed by atoms with Crippen molar-refractivity contribution in [3.63, 3.8) is 0 Å². The van der Waals surface area contributed by atoms with Crippen LogP contribution in [0, 0.1) is 6.92 Å². The van der Waals surface area contributed by atoms with Gasteiger partial charge in [-0.3, -0.25) is 0 Å². The molecule has 0 amide bonds. The van der Waals surface area contributed by atoms with Crippen LogP contribution in [0.3, 0.4) is 0 Å². The number of nitrogens with one attached hydrogen (secondary N) is 2. The number of aliphatic imine (C=N–C) groups is 1. The Morgan fingerprint density at radius 1 is 1.30 bits per heavy atom. The third-order valence-electron chi connectivity index (χ3n) is 2.71. The van der Waals surface area contributed by atoms with E-state index in [1.165, 1.54) is 5.56 Å². The Hall–Kier alpha value is -1.36. The van der Waals surface area contributed by atoms with Gasteiger partial charge in [-0.25, -0.2) is 4.99 Å². The third kappa shape index (κ3) is 6.19. The van der Waals surface area contributed by atoms with E-state index in [1.807, 2.05) is 23.9 Å². The van der Waals surface area contributed by atoms with E-state index in [0.29, 0.717) is 6.54 Å². The molecule has 0 saturated carbocycles. The number of ether oxygens (including phenoxy) is 1. The predicted octanol–water partition coefficient (Wildman–Crippen LogP) is 2.42. The van der Waals surface area contributed by atoms with E-state index in [4.69, 9.17) is 4.74 Å². The van der Waals surface area contributed by atoms with Gasteiger partial charge in [-0.15, -0.1) is 0 Å². The lowest BCUT2D eigenvalue weighted by Gasteiger charge is -2.11. The first-order valence-corrected chi connectivity index (χ1v) is 8.24. The van der Waals surface area contributed by atoms with Gasteiger partial charge in [0.25, 0.3) is 0 Å². The molecule has 0 aliphatic heterocycles. The molecule has 1 rings (SSSR count). The van der Waals surface area contributed by atoms with Crippen molar-refractivity contribution in [2.75, 3.05) is 32.2 Å². The SMILES string of the molecule is CCNC(=NCc1cc(C)cc(OC)c1)NCCSC. The Bertz CT molecular complexity index is 435. The molecule has 0 aliphatic carbocycles. The second-order valence-corrected chi connectivity index (χ2v) is 5.46. The fourth-order valence-electron chi connectivity index (χ4n) is 1.82. The number of benzene rings is 1. The Labute approximate surface area is 126 Å². The van der Waals surface area contributed by atoms with Crippen LogP contribution >= 0.6 is 11.8 Å². The zero-order chi connectivity index (χ0) is 14.8. The highest BCUT2D eigenvalue weighted by molar-refractivity contribution is 7.98. The van der Waals surface area contributed by atoms with Crippen molar-refractivity contribution in [1.29, 1.82) is 0 Å². The summed E-state index contributed by atoms with van der Waals surface area (Å²) >= 11 is 1.82. The molecular weight excluding hydrogens is 270 g/mol. The van der Waals surface area contributed by atoms with E-state index in [9.17, 15) is 0 Å². The van der Waals surface area contributed by atoms with Gasteiger partial charge in [0, 0.05) is 18.8 Å². The number of methoxy groups -OCH3 is 1. The summed E-state index contributed by atoms with van der Waals surface area (Å²) < 4.78 is 5.29. The van der Waals surface area contributed by atoms with Gasteiger partial charge in [-0.05, 0) is 43.4 Å². The third-order valence-corrected chi connectivity index (χ3v) is 3.32. The molecule has 0 aromatic heterocycles. The molecule has 0 fully saturated rings. The maximum atomic E-state index is 5.29. The molecule has 1 aromatic rings. The van der Waals surface area contributed by atoms with Crippen molar-refractivity contribution < 1.29 is 4.74 Å². The second kappa shape index (κ2) is 9.53. The largest absolute Gasteiger partial charge is 0.497 e. The van der Waals surface area contributed by atoms with E-state index < -0.39 is 0 Å². The molecular formula is C15H25N3OS. The minimum Gasteiger partial charge on any atom is -0.497 e. The predicted molar refractivity (Wildman–Crippen MR) is 88.9 cm³/mol. The summed E-state index contributed by atoms with van der Waals surface area (Å²) in [5, 5.41) is 6.58. The van der Waals surface area contributed by atoms with E-state index >= 15 is 0 Å². The molecule has 0 radical (unpaired) electrons. The lowest BCUT2D eigenvalue weighted by molar-refractivity contribution is 0.414. The van der Waals surface area contributed by atoms with Gasteiger partial charge in [-0.1, -0.05) is 6.07 Å². The lowest BCUT2D eigenvalue weighted by atomic mass is 10.1. The topological polar surface area (TPSA) is 45.7 Å². The van der Waals surface area contributed by atoms with Crippen molar-refractivity contribution in [1.82, 2.24) is 10.6 Å². The fraction of sp³-hybridized carbons (Fsp3) is 0.533. The van der Waals surface area contributed by atoms with Crippen LogP contribution in [0.25, 0.3) is 0 Å². The van der Waals surface area contributed by atoms with Crippen LogP contribution in [-0.4, -0.2) is 38.2 Å². The average molecular weight is 295 g/mol. The quantitative estimate of drug-likeness (QED) is 0.461. The molecule has 2 N–H and O–H groups in total. The molecule has 0 atom stereocenters. The van der Waals surface area contributed by atoms with E-state index in [0.717, 1.165) is 36.1 Å². The van der Waals surface area contributed by atoms with Gasteiger partial charge in [0.1, 0.15) is 5.75 Å². The van der Waals surface area contributed by atoms with Crippen LogP contribution in [0.4, 0.5) is 0 Å². The Kier molecular flexibility index (Phi) is 7.95. The molecule has 0 spiro atoms. The molecule has 20 heavy (non-hydrogen) atoms. The summed E-state index contributed by atoms with van der Waals surface area (Å²) in [7, 11) is 1.69. The number of rotatable bonds is 7. The molecule has 0 bridgehead atoms. The van der Waals surface area contributed by atoms with Crippen LogP contribution in [-0.2, 0) is 6.54 Å². The zero-order valence-corrected chi connectivity index (χ0v) is 13.6. The van der Waals surface area contributed by atoms with Gasteiger partial charge in [0.05, 0.1) is 13.7 Å². The maximum Gasteiger partial charge on any atom is 0.191 e. The van der Waals surface area contributed by atoms with E-state index in [1.54, 1.807) is 7.11 Å². The number of thioether (sulfide) groups is 1. The summed E-state index contributed by atoms with van der Waals surface area (Å²) in [6, 6.07) is 6.19. The first-order valence-electron chi connectivity index (χ1n) is 6.85. The first-order chi connectivity index (χ1) is 9.69. The first kappa shape index (κ1) is 16.7. The molecule has 1 aromatic carbocycles. The summed E-state index contributed by atoms with van der Waals surface area (Å²) in [6.45, 7) is 6.57. The number of aryl methyl sites for hydroxylation is 1. The van der Waals surface area contributed by atoms with Crippen molar-refractivity contribution in [2.24, 2.45) is 4.99 Å². The van der Waals surface area contributed by atoms with Gasteiger partial charge >= 0.3 is 0 Å². The number of hydrogen-bond donors (Lipinski definition) is 2. The molecule has 5 heteroatoms. The van der Waals surface area contributed by atoms with Crippen molar-refractivity contribution in [2.45, 2.75) is 20.4 Å². The number of hydrogen-bond acceptors (Lipinski definition) is 3. The minimum atomic E-state index is 0.645. The highest BCUT2D eigenvalue weighted by Gasteiger charge is 2.00. The zero-order valence-electron chi connectivity index (χ0n) is 12.8. The smallest absolute Gasteiger partial charge is 0.191 e. The van der Waals surface area contributed by atoms with Gasteiger partial charge in [0.15, 0.2) is 5.96 Å². The summed E-state index contributed by atoms with van der Waals surface area (Å²) in [5.74, 6) is 2.82. The van der Waals surface area contributed by atoms with Crippen LogP contribution in [0.2, 0.25) is 0 Å². The highest BCUT2D eigenvalue weighted by atomic mass is 32.2. The highest BCUT2D eigenvalue weighted by Crippen LogP contribution is 2.16. The van der Waals surface area contributed by atoms with Gasteiger partial charge in [-0.2, -0.15) is 11.8 Å². The Morgan fingerprint density at radius 3 is 2.75 bits per heavy atom. The van der Waals surface area contributed by atoms with Crippen LogP contribution < -0.4 is 15.4 Å². The Balaban J connectivity index is 2.67. The minimum absolute atomic E-state index is 0.645. The molecule has 4 nitrogen and oxygen atoms in total. The molecule has 0 aliphatic rings. The van der Waals surface area contributed by atoms with Crippen LogP contribution in [0.15, 0.2) is 23.2 Å². The standard InChI is InChI=1S/C15H25N3OS/c1-5-16-15(17-6-7-20-4)18-11-13-8-12(2)9-14(10-13)19-3/h8-10H,5-7,11H2,1-4H3,(H2,16,17,18). The summed E-state index contributed by atoms with van der Waals surface area (Å²) in [4.78, 5) is 4.60. The summed E-state index contributed by atoms with van der Waals surface area (Å²) in [5.41, 5.74) is 2.35. The van der Waals surface area contributed by atoms with Crippen LogP contribution in [0.1, 0.15) is 18.1 Å². The van der Waals surface area contributed by atoms with Gasteiger partial charge < -0.3 is 15.4 Å². The van der Waals surface area contributed by atoms with Crippen molar-refractivity contribution >= 4 is 17.7 Å². The summed E-state index contributed by atoms with van der Waals surface area (Å²) in [6.07, 6.45) is 2.10. The van der Waals surface area contributed by atoms with Crippen LogP contribution in [0.5, 0.6) is 5.75 Å². The normalized spacial score (nSPS) is 11.3. The fourth-order valence-corrected chi connectivity index (χ4v) is 2.12. The number of guanidine groups is 1. The molecule has 0 unspecified atom stereocenters. The monoisotopic (exact) mass is 295 g/mol. The average Bonchev–Trinajstić information content (AvgIpc) is 2.44. The number of nitrogens with zero attached hydrogens (tertiary/aromatic N) is 1. The van der Waals surface area contributed by atoms with E-state index in [2.05, 4.69) is 41.8 Å². The Morgan fingerprint density at radius 2 is 2.10 bits per heavy atom. The van der Waals surface area contributed by atoms with E-state index in [-0.39, 0.29) is 0 Å². The molecule has 0 heterocycles. The molecule has 0 saturated heterocycles. The van der Waals surface area contributed by atoms with Crippen molar-refractivity contribution in [3.8, 4) is 5.75 Å². The lowest BCUT2D eigenvalue weighted by Crippen LogP contribution is -2.38. The maximum absolute atomic E-state index is 5.29.